The van der Waals surface area contributed by atoms with E-state index in [0.717, 1.165) is 101 Å². The molecule has 8 heteroatoms. The predicted octanol–water partition coefficient (Wildman–Crippen LogP) is 20.4. The maximum Gasteiger partial charge on any atom is 0.0973 e. The van der Waals surface area contributed by atoms with Gasteiger partial charge in [-0.2, -0.15) is 0 Å². The molecular formula is C78H56N8. The zero-order chi connectivity index (χ0) is 57.6. The third-order valence-electron chi connectivity index (χ3n) is 17.7. The summed E-state index contributed by atoms with van der Waals surface area (Å²) in [7, 11) is 0. The highest BCUT2D eigenvalue weighted by Crippen LogP contribution is 2.46. The first-order valence-corrected chi connectivity index (χ1v) is 29.3. The zero-order valence-electron chi connectivity index (χ0n) is 48.0. The first kappa shape index (κ1) is 50.5. The second kappa shape index (κ2) is 20.3. The molecule has 0 spiro atoms. The quantitative estimate of drug-likeness (QED) is 0.136. The van der Waals surface area contributed by atoms with Crippen molar-refractivity contribution in [2.45, 2.75) is 27.7 Å². The van der Waals surface area contributed by atoms with Crippen molar-refractivity contribution in [3.05, 3.63) is 289 Å². The summed E-state index contributed by atoms with van der Waals surface area (Å²) in [5, 5.41) is 7.10. The molecule has 0 radical (unpaired) electrons. The Morgan fingerprint density at radius 1 is 0.291 bits per heavy atom. The van der Waals surface area contributed by atoms with Gasteiger partial charge in [-0.05, 0) is 159 Å². The Morgan fingerprint density at radius 2 is 0.640 bits per heavy atom. The lowest BCUT2D eigenvalue weighted by molar-refractivity contribution is 1.12. The van der Waals surface area contributed by atoms with Crippen LogP contribution in [0.2, 0.25) is 0 Å². The number of hydrogen-bond donors (Lipinski definition) is 0. The van der Waals surface area contributed by atoms with Crippen LogP contribution >= 0.6 is 0 Å². The Balaban J connectivity index is 0.811. The number of nitrogens with zero attached hydrogens (tertiary/aromatic N) is 8. The van der Waals surface area contributed by atoms with E-state index < -0.39 is 0 Å². The molecule has 5 aromatic heterocycles. The Morgan fingerprint density at radius 3 is 1.02 bits per heavy atom. The first-order valence-electron chi connectivity index (χ1n) is 29.3. The van der Waals surface area contributed by atoms with Gasteiger partial charge in [-0.1, -0.05) is 146 Å². The zero-order valence-corrected chi connectivity index (χ0v) is 48.0. The van der Waals surface area contributed by atoms with Crippen LogP contribution in [-0.2, 0) is 0 Å². The number of rotatable bonds is 10. The summed E-state index contributed by atoms with van der Waals surface area (Å²) < 4.78 is 4.83. The number of anilines is 6. The van der Waals surface area contributed by atoms with Crippen molar-refractivity contribution in [2.24, 2.45) is 0 Å². The molecule has 0 fully saturated rings. The minimum atomic E-state index is 0.797. The molecule has 86 heavy (non-hydrogen) atoms. The van der Waals surface area contributed by atoms with Crippen LogP contribution in [0, 0.1) is 27.7 Å². The monoisotopic (exact) mass is 1100 g/mol. The van der Waals surface area contributed by atoms with Gasteiger partial charge in [0.15, 0.2) is 0 Å². The van der Waals surface area contributed by atoms with E-state index in [2.05, 4.69) is 265 Å². The smallest absolute Gasteiger partial charge is 0.0973 e. The van der Waals surface area contributed by atoms with Crippen molar-refractivity contribution in [3.63, 3.8) is 0 Å². The topological polar surface area (TPSA) is 67.9 Å². The standard InChI is InChI=1S/C78H56N8/c1-49-51(3)67(85-69-29-11-5-23-59(69)60-24-6-12-30-70(60)85)45-43-65(49)83(73-33-15-19-53-21-17-47-79-75(53)73)57-39-35-55(36-40-57)77-78(82-64-28-10-9-27-63(64)81-77)56-37-41-58(42-38-56)84(74-34-16-20-54-22-18-48-80-76(54)74)66-44-46-68(52(4)50(66)2)86-71-31-13-7-25-61(71)62-26-8-14-32-72(62)86/h5-48H,1-4H3. The molecule has 0 N–H and O–H groups in total. The molecule has 0 unspecified atom stereocenters. The molecule has 0 aliphatic carbocycles. The number of fused-ring (bicyclic) bond motifs is 9. The SMILES string of the molecule is Cc1c(N(c2ccc(-c3nc4ccccc4nc3-c3ccc(N(c4ccc(-n5c6ccccc6c6ccccc65)c(C)c4C)c4cccc5cccnc45)cc3)cc2)c2cccc3cccnc23)ccc(-n2c3ccccc3c3ccccc32)c1C. The Bertz CT molecular complexity index is 4910. The van der Waals surface area contributed by atoms with E-state index in [1.165, 1.54) is 65.9 Å². The number of aromatic nitrogens is 6. The molecule has 16 aromatic rings. The Kier molecular flexibility index (Phi) is 11.9. The van der Waals surface area contributed by atoms with Gasteiger partial charge in [-0.3, -0.25) is 9.97 Å². The van der Waals surface area contributed by atoms with Crippen molar-refractivity contribution < 1.29 is 0 Å². The summed E-state index contributed by atoms with van der Waals surface area (Å²) in [6.07, 6.45) is 3.77. The molecule has 0 bridgehead atoms. The number of hydrogen-bond acceptors (Lipinski definition) is 6. The first-order chi connectivity index (χ1) is 42.4. The second-order valence-electron chi connectivity index (χ2n) is 22.3. The van der Waals surface area contributed by atoms with E-state index >= 15 is 0 Å². The highest BCUT2D eigenvalue weighted by atomic mass is 15.2. The van der Waals surface area contributed by atoms with Crippen molar-refractivity contribution in [1.82, 2.24) is 29.1 Å². The van der Waals surface area contributed by atoms with Gasteiger partial charge in [0.2, 0.25) is 0 Å². The lowest BCUT2D eigenvalue weighted by Crippen LogP contribution is -2.14. The van der Waals surface area contributed by atoms with Crippen molar-refractivity contribution in [2.75, 3.05) is 9.80 Å². The van der Waals surface area contributed by atoms with E-state index in [1.54, 1.807) is 0 Å². The number of benzene rings is 11. The van der Waals surface area contributed by atoms with Gasteiger partial charge < -0.3 is 18.9 Å². The Labute approximate surface area is 497 Å². The summed E-state index contributed by atoms with van der Waals surface area (Å²) in [4.78, 5) is 25.6. The van der Waals surface area contributed by atoms with Crippen molar-refractivity contribution in [3.8, 4) is 33.9 Å². The predicted molar refractivity (Wildman–Crippen MR) is 358 cm³/mol. The average Bonchev–Trinajstić information content (AvgIpc) is 1.71. The molecule has 0 saturated carbocycles. The van der Waals surface area contributed by atoms with E-state index in [4.69, 9.17) is 19.9 Å². The molecule has 11 aromatic carbocycles. The lowest BCUT2D eigenvalue weighted by Gasteiger charge is -2.29. The van der Waals surface area contributed by atoms with E-state index in [9.17, 15) is 0 Å². The summed E-state index contributed by atoms with van der Waals surface area (Å²) in [6.45, 7) is 8.99. The normalized spacial score (nSPS) is 11.7. The number of pyridine rings is 2. The van der Waals surface area contributed by atoms with Crippen molar-refractivity contribution in [1.29, 1.82) is 0 Å². The maximum atomic E-state index is 5.42. The molecule has 0 saturated heterocycles. The average molecular weight is 1110 g/mol. The molecule has 0 aliphatic rings. The fourth-order valence-electron chi connectivity index (χ4n) is 13.2. The van der Waals surface area contributed by atoms with Crippen LogP contribution in [0.15, 0.2) is 267 Å². The fraction of sp³-hybridized carbons (Fsp3) is 0.0513. The van der Waals surface area contributed by atoms with Crippen LogP contribution in [-0.4, -0.2) is 29.1 Å². The second-order valence-corrected chi connectivity index (χ2v) is 22.3. The highest BCUT2D eigenvalue weighted by molar-refractivity contribution is 6.11. The molecule has 16 rings (SSSR count). The van der Waals surface area contributed by atoms with Crippen LogP contribution in [0.1, 0.15) is 22.3 Å². The van der Waals surface area contributed by atoms with Crippen LogP contribution in [0.25, 0.3) is 110 Å². The summed E-state index contributed by atoms with van der Waals surface area (Å²) in [5.41, 5.74) is 24.9. The number of para-hydroxylation sites is 8. The Hall–Kier alpha value is -11.2. The third-order valence-corrected chi connectivity index (χ3v) is 17.7. The van der Waals surface area contributed by atoms with Crippen LogP contribution in [0.5, 0.6) is 0 Å². The van der Waals surface area contributed by atoms with Gasteiger partial charge >= 0.3 is 0 Å². The van der Waals surface area contributed by atoms with Gasteiger partial charge in [0.25, 0.3) is 0 Å². The molecule has 0 amide bonds. The van der Waals surface area contributed by atoms with Gasteiger partial charge in [-0.15, -0.1) is 0 Å². The summed E-state index contributed by atoms with van der Waals surface area (Å²) in [6, 6.07) is 90.8. The molecule has 0 atom stereocenters. The van der Waals surface area contributed by atoms with Gasteiger partial charge in [0.05, 0.1) is 66.9 Å². The molecule has 5 heterocycles. The van der Waals surface area contributed by atoms with Gasteiger partial charge in [0.1, 0.15) is 0 Å². The molecule has 0 aliphatic heterocycles. The maximum absolute atomic E-state index is 5.42. The molecular weight excluding hydrogens is 1050 g/mol. The minimum Gasteiger partial charge on any atom is -0.309 e. The van der Waals surface area contributed by atoms with Gasteiger partial charge in [-0.25, -0.2) is 9.97 Å². The third kappa shape index (κ3) is 8.05. The largest absolute Gasteiger partial charge is 0.309 e. The van der Waals surface area contributed by atoms with E-state index in [-0.39, 0.29) is 0 Å². The van der Waals surface area contributed by atoms with Gasteiger partial charge in [0, 0.05) is 90.0 Å². The summed E-state index contributed by atoms with van der Waals surface area (Å²) >= 11 is 0. The minimum absolute atomic E-state index is 0.797. The van der Waals surface area contributed by atoms with Crippen LogP contribution in [0.3, 0.4) is 0 Å². The highest BCUT2D eigenvalue weighted by Gasteiger charge is 2.25. The molecule has 408 valence electrons. The van der Waals surface area contributed by atoms with E-state index in [0.29, 0.717) is 0 Å². The lowest BCUT2D eigenvalue weighted by atomic mass is 10.00. The van der Waals surface area contributed by atoms with E-state index in [1.807, 2.05) is 48.8 Å². The van der Waals surface area contributed by atoms with Crippen LogP contribution in [0.4, 0.5) is 34.1 Å². The van der Waals surface area contributed by atoms with Crippen LogP contribution < -0.4 is 9.80 Å². The van der Waals surface area contributed by atoms with Crippen molar-refractivity contribution >= 4 is 111 Å². The fourth-order valence-corrected chi connectivity index (χ4v) is 13.2. The molecule has 8 nitrogen and oxygen atoms in total. The summed E-state index contributed by atoms with van der Waals surface area (Å²) in [5.74, 6) is 0.